The lowest BCUT2D eigenvalue weighted by atomic mass is 10.1. The fourth-order valence-electron chi connectivity index (χ4n) is 3.71. The Morgan fingerprint density at radius 2 is 1.75 bits per heavy atom. The third kappa shape index (κ3) is 11.2. The van der Waals surface area contributed by atoms with Gasteiger partial charge in [-0.25, -0.2) is 13.2 Å². The summed E-state index contributed by atoms with van der Waals surface area (Å²) in [6, 6.07) is 9.48. The van der Waals surface area contributed by atoms with Crippen molar-refractivity contribution in [3.8, 4) is 0 Å². The number of nitrogens with one attached hydrogen (secondary N) is 1. The van der Waals surface area contributed by atoms with E-state index in [1.165, 1.54) is 0 Å². The number of benzene rings is 1. The van der Waals surface area contributed by atoms with Crippen molar-refractivity contribution in [2.45, 2.75) is 59.7 Å². The summed E-state index contributed by atoms with van der Waals surface area (Å²) in [7, 11) is -3.92. The van der Waals surface area contributed by atoms with Crippen LogP contribution >= 0.6 is 27.5 Å². The van der Waals surface area contributed by atoms with E-state index in [2.05, 4.69) is 48.1 Å². The highest BCUT2D eigenvalue weighted by Gasteiger charge is 2.28. The van der Waals surface area contributed by atoms with Crippen LogP contribution in [0.15, 0.2) is 34.9 Å². The molecule has 1 aromatic heterocycles. The van der Waals surface area contributed by atoms with Crippen molar-refractivity contribution in [2.75, 3.05) is 32.4 Å². The molecule has 0 aliphatic heterocycles. The number of halogens is 2. The molecule has 0 bridgehead atoms. The number of rotatable bonds is 9. The van der Waals surface area contributed by atoms with E-state index in [0.29, 0.717) is 17.8 Å². The number of carbonyl (C=O) groups excluding carboxylic acids is 1. The summed E-state index contributed by atoms with van der Waals surface area (Å²) in [5, 5.41) is 8.28. The molecule has 12 heteroatoms. The van der Waals surface area contributed by atoms with Crippen LogP contribution in [0.4, 0.5) is 4.79 Å². The van der Waals surface area contributed by atoms with Crippen molar-refractivity contribution >= 4 is 43.7 Å². The van der Waals surface area contributed by atoms with Crippen molar-refractivity contribution in [2.24, 2.45) is 0 Å². The molecule has 204 valence electrons. The average Bonchev–Trinajstić information content (AvgIpc) is 3.10. The average molecular weight is 610 g/mol. The van der Waals surface area contributed by atoms with Gasteiger partial charge in [-0.1, -0.05) is 29.8 Å². The third-order valence-corrected chi connectivity index (χ3v) is 6.42. The smallest absolute Gasteiger partial charge is 0.407 e. The highest BCUT2D eigenvalue weighted by atomic mass is 79.9. The van der Waals surface area contributed by atoms with Gasteiger partial charge < -0.3 is 19.1 Å². The van der Waals surface area contributed by atoms with Crippen LogP contribution in [0.25, 0.3) is 0 Å². The first-order valence-corrected chi connectivity index (χ1v) is 14.7. The Morgan fingerprint density at radius 3 is 2.22 bits per heavy atom. The molecule has 0 aliphatic rings. The van der Waals surface area contributed by atoms with Gasteiger partial charge in [-0.2, -0.15) is 5.10 Å². The van der Waals surface area contributed by atoms with Gasteiger partial charge in [-0.15, -0.1) is 0 Å². The zero-order chi connectivity index (χ0) is 27.7. The number of nitrogens with zero attached hydrogens (tertiary/aromatic N) is 3. The standard InChI is InChI=1S/C23H34BrClN4O2.CH4O3S/c1-7-29(8-2,9-3)16-17-14-21(24)27-28(17)20(18-12-10-11-13-19(18)25)15-26-22(30)31-23(4,5)6;1-5(2,3)4/h10-14,20H,7-9,15-16H2,1-6H3;1H3,(H,2,3,4). The largest absolute Gasteiger partial charge is 0.748 e. The second-order valence-electron chi connectivity index (χ2n) is 9.48. The normalized spacial score (nSPS) is 12.9. The van der Waals surface area contributed by atoms with Crippen molar-refractivity contribution < 1.29 is 27.0 Å². The number of hydrogen-bond donors (Lipinski definition) is 1. The molecule has 2 rings (SSSR count). The summed E-state index contributed by atoms with van der Waals surface area (Å²) >= 11 is 10.1. The molecule has 0 saturated heterocycles. The topological polar surface area (TPSA) is 113 Å². The number of quaternary nitrogens is 1. The minimum atomic E-state index is -3.92. The summed E-state index contributed by atoms with van der Waals surface area (Å²) in [6.07, 6.45) is 0.144. The fraction of sp³-hybridized carbons (Fsp3) is 0.583. The second-order valence-corrected chi connectivity index (χ2v) is 12.1. The Labute approximate surface area is 228 Å². The number of aromatic nitrogens is 2. The van der Waals surface area contributed by atoms with Crippen molar-refractivity contribution in [1.29, 1.82) is 0 Å². The molecular formula is C24H38BrClN4O5S. The van der Waals surface area contributed by atoms with Crippen LogP contribution in [0.3, 0.4) is 0 Å². The number of amides is 1. The van der Waals surface area contributed by atoms with E-state index in [1.54, 1.807) is 0 Å². The van der Waals surface area contributed by atoms with Crippen molar-refractivity contribution in [1.82, 2.24) is 15.1 Å². The summed E-state index contributed by atoms with van der Waals surface area (Å²) < 4.78 is 36.4. The van der Waals surface area contributed by atoms with Gasteiger partial charge in [0.25, 0.3) is 0 Å². The third-order valence-electron chi connectivity index (χ3n) is 5.69. The minimum absolute atomic E-state index is 0.269. The minimum Gasteiger partial charge on any atom is -0.748 e. The lowest BCUT2D eigenvalue weighted by Gasteiger charge is -2.36. The summed E-state index contributed by atoms with van der Waals surface area (Å²) in [5.41, 5.74) is 1.43. The van der Waals surface area contributed by atoms with E-state index in [9.17, 15) is 4.79 Å². The van der Waals surface area contributed by atoms with E-state index in [4.69, 9.17) is 34.4 Å². The van der Waals surface area contributed by atoms with E-state index in [-0.39, 0.29) is 6.04 Å². The van der Waals surface area contributed by atoms with E-state index < -0.39 is 21.8 Å². The van der Waals surface area contributed by atoms with Gasteiger partial charge in [0, 0.05) is 17.8 Å². The predicted octanol–water partition coefficient (Wildman–Crippen LogP) is 4.95. The van der Waals surface area contributed by atoms with Gasteiger partial charge in [0.1, 0.15) is 16.7 Å². The predicted molar refractivity (Wildman–Crippen MR) is 145 cm³/mol. The Balaban J connectivity index is 0.00000118. The van der Waals surface area contributed by atoms with Crippen LogP contribution in [0.2, 0.25) is 5.02 Å². The van der Waals surface area contributed by atoms with Gasteiger partial charge in [0.05, 0.1) is 41.5 Å². The quantitative estimate of drug-likeness (QED) is 0.318. The first kappa shape index (κ1) is 32.4. The summed E-state index contributed by atoms with van der Waals surface area (Å²) in [5.74, 6) is 0. The molecule has 9 nitrogen and oxygen atoms in total. The van der Waals surface area contributed by atoms with Crippen LogP contribution in [0, 0.1) is 0 Å². The van der Waals surface area contributed by atoms with Gasteiger partial charge in [0.15, 0.2) is 0 Å². The zero-order valence-corrected chi connectivity index (χ0v) is 25.2. The van der Waals surface area contributed by atoms with E-state index >= 15 is 0 Å². The molecule has 1 N–H and O–H groups in total. The van der Waals surface area contributed by atoms with Crippen molar-refractivity contribution in [3.05, 3.63) is 51.2 Å². The molecule has 1 heterocycles. The number of alkyl carbamates (subject to hydrolysis) is 1. The molecule has 0 saturated carbocycles. The van der Waals surface area contributed by atoms with Crippen LogP contribution < -0.4 is 5.32 Å². The Bertz CT molecular complexity index is 1080. The number of hydrogen-bond acceptors (Lipinski definition) is 6. The molecule has 1 atom stereocenters. The van der Waals surface area contributed by atoms with Crippen LogP contribution in [0.1, 0.15) is 58.8 Å². The van der Waals surface area contributed by atoms with E-state index in [1.807, 2.05) is 49.7 Å². The maximum atomic E-state index is 12.4. The second kappa shape index (κ2) is 13.8. The number of carbonyl (C=O) groups is 1. The molecule has 1 aromatic carbocycles. The van der Waals surface area contributed by atoms with E-state index in [0.717, 1.165) is 46.5 Å². The number of ether oxygens (including phenoxy) is 1. The first-order chi connectivity index (χ1) is 16.5. The molecular weight excluding hydrogens is 572 g/mol. The van der Waals surface area contributed by atoms with Crippen LogP contribution in [-0.2, 0) is 21.4 Å². The van der Waals surface area contributed by atoms with Gasteiger partial charge in [-0.05, 0) is 75.2 Å². The lowest BCUT2D eigenvalue weighted by Crippen LogP contribution is -2.47. The SMILES string of the molecule is CC[N+](CC)(CC)Cc1cc(Br)nn1C(CNC(=O)OC(C)(C)C)c1ccccc1Cl.CS(=O)(=O)[O-]. The Hall–Kier alpha value is -1.66. The molecule has 36 heavy (non-hydrogen) atoms. The Morgan fingerprint density at radius 1 is 1.22 bits per heavy atom. The van der Waals surface area contributed by atoms with Gasteiger partial charge in [-0.3, -0.25) is 4.68 Å². The molecule has 1 unspecified atom stereocenters. The Kier molecular flexibility index (Phi) is 12.4. The summed E-state index contributed by atoms with van der Waals surface area (Å²) in [4.78, 5) is 12.4. The van der Waals surface area contributed by atoms with Crippen LogP contribution in [0.5, 0.6) is 0 Å². The molecule has 0 spiro atoms. The highest BCUT2D eigenvalue weighted by Crippen LogP contribution is 2.29. The maximum absolute atomic E-state index is 12.4. The van der Waals surface area contributed by atoms with Crippen LogP contribution in [-0.4, -0.2) is 71.4 Å². The van der Waals surface area contributed by atoms with Gasteiger partial charge in [0.2, 0.25) is 0 Å². The van der Waals surface area contributed by atoms with Gasteiger partial charge >= 0.3 is 6.09 Å². The first-order valence-electron chi connectivity index (χ1n) is 11.7. The maximum Gasteiger partial charge on any atom is 0.407 e. The monoisotopic (exact) mass is 608 g/mol. The zero-order valence-electron chi connectivity index (χ0n) is 22.0. The molecule has 0 aliphatic carbocycles. The highest BCUT2D eigenvalue weighted by molar-refractivity contribution is 9.10. The molecule has 0 fully saturated rings. The molecule has 0 radical (unpaired) electrons. The lowest BCUT2D eigenvalue weighted by molar-refractivity contribution is -0.936. The molecule has 2 aromatic rings. The summed E-state index contributed by atoms with van der Waals surface area (Å²) in [6.45, 7) is 16.4. The molecule has 1 amide bonds. The fourth-order valence-corrected chi connectivity index (χ4v) is 4.40. The van der Waals surface area contributed by atoms with Crippen molar-refractivity contribution in [3.63, 3.8) is 0 Å².